The van der Waals surface area contributed by atoms with Gasteiger partial charge in [-0.1, -0.05) is 140 Å². The van der Waals surface area contributed by atoms with Crippen LogP contribution in [0.25, 0.3) is 74.7 Å². The normalized spacial score (nSPS) is 15.4. The highest BCUT2D eigenvalue weighted by Gasteiger charge is 2.47. The van der Waals surface area contributed by atoms with Gasteiger partial charge >= 0.3 is 0 Å². The van der Waals surface area contributed by atoms with Crippen LogP contribution in [0.2, 0.25) is 0 Å². The van der Waals surface area contributed by atoms with Crippen molar-refractivity contribution in [1.82, 2.24) is 18.8 Å². The Bertz CT molecular complexity index is 3170. The molecule has 7 heteroatoms. The van der Waals surface area contributed by atoms with Crippen molar-refractivity contribution in [2.75, 3.05) is 0 Å². The minimum atomic E-state index is -0.318. The van der Waals surface area contributed by atoms with Gasteiger partial charge in [-0.3, -0.25) is 8.80 Å². The summed E-state index contributed by atoms with van der Waals surface area (Å²) in [5.41, 5.74) is 15.8. The molecule has 0 aliphatic carbocycles. The van der Waals surface area contributed by atoms with E-state index in [0.29, 0.717) is 0 Å². The number of thiazole rings is 2. The maximum Gasteiger partial charge on any atom is 0.195 e. The Morgan fingerprint density at radius 3 is 1.27 bits per heavy atom. The van der Waals surface area contributed by atoms with E-state index in [1.54, 1.807) is 22.7 Å². The largest absolute Gasteiger partial charge is 0.457 e. The topological polar surface area (TPSA) is 43.8 Å². The van der Waals surface area contributed by atoms with Crippen LogP contribution in [0.1, 0.15) is 91.5 Å². The van der Waals surface area contributed by atoms with Crippen LogP contribution in [0.3, 0.4) is 0 Å². The van der Waals surface area contributed by atoms with E-state index >= 15 is 0 Å². The van der Waals surface area contributed by atoms with Gasteiger partial charge in [0.15, 0.2) is 9.92 Å². The maximum absolute atomic E-state index is 7.35. The van der Waals surface area contributed by atoms with Crippen molar-refractivity contribution in [3.63, 3.8) is 0 Å². The molecule has 0 saturated heterocycles. The molecule has 10 aromatic rings. The molecule has 4 aromatic heterocycles. The summed E-state index contributed by atoms with van der Waals surface area (Å²) in [6.45, 7) is 23.6. The van der Waals surface area contributed by atoms with E-state index in [2.05, 4.69) is 187 Å². The SMILES string of the molecule is CC(C)(C)c1cc2c(cc1-c1cccc3c1sc1nc4ccccc4n13)C(C)(C)C(C)(C)c1cc(-c3cccc4c3sc3nc5ccccc5n34)c(C(C)(C)C)cc1O2. The molecule has 0 spiro atoms. The van der Waals surface area contributed by atoms with Gasteiger partial charge in [0.05, 0.1) is 42.5 Å². The number of benzene rings is 6. The predicted molar refractivity (Wildman–Crippen MR) is 251 cm³/mol. The quantitative estimate of drug-likeness (QED) is 0.175. The smallest absolute Gasteiger partial charge is 0.195 e. The standard InChI is InChI=1S/C52H48N4OS2/c1-49(2,3)33-27-43-35(25-31(33)29-17-15-23-41-45(29)58-47-53-37-19-11-13-21-39(37)55(41)47)51(7,8)52(9,10)36-26-32(34(50(4,5)6)28-44(36)57-43)30-18-16-24-42-46(30)59-48-54-38-20-12-14-22-40(38)56(42)48/h11-28H,1-10H3. The second-order valence-electron chi connectivity index (χ2n) is 19.6. The lowest BCUT2D eigenvalue weighted by atomic mass is 9.60. The lowest BCUT2D eigenvalue weighted by molar-refractivity contribution is 0.306. The highest BCUT2D eigenvalue weighted by Crippen LogP contribution is 2.57. The molecule has 0 N–H and O–H groups in total. The highest BCUT2D eigenvalue weighted by molar-refractivity contribution is 7.24. The van der Waals surface area contributed by atoms with E-state index in [0.717, 1.165) is 43.5 Å². The minimum Gasteiger partial charge on any atom is -0.457 e. The molecule has 0 saturated carbocycles. The van der Waals surface area contributed by atoms with Crippen LogP contribution in [-0.2, 0) is 21.7 Å². The number of imidazole rings is 2. The van der Waals surface area contributed by atoms with Crippen LogP contribution in [-0.4, -0.2) is 18.8 Å². The third kappa shape index (κ3) is 5.13. The zero-order chi connectivity index (χ0) is 41.0. The first-order valence-corrected chi connectivity index (χ1v) is 22.3. The predicted octanol–water partition coefficient (Wildman–Crippen LogP) is 15.0. The van der Waals surface area contributed by atoms with Gasteiger partial charge < -0.3 is 4.74 Å². The molecule has 0 unspecified atom stereocenters. The van der Waals surface area contributed by atoms with Crippen molar-refractivity contribution >= 4 is 75.1 Å². The van der Waals surface area contributed by atoms with Crippen molar-refractivity contribution in [2.45, 2.75) is 90.9 Å². The molecule has 1 aliphatic heterocycles. The molecule has 0 atom stereocenters. The Hall–Kier alpha value is -5.50. The monoisotopic (exact) mass is 808 g/mol. The number of aromatic nitrogens is 4. The van der Waals surface area contributed by atoms with Gasteiger partial charge in [-0.05, 0) is 93.7 Å². The van der Waals surface area contributed by atoms with Crippen LogP contribution in [0, 0.1) is 0 Å². The summed E-state index contributed by atoms with van der Waals surface area (Å²) in [6, 6.07) is 40.1. The molecule has 5 nitrogen and oxygen atoms in total. The average molecular weight is 809 g/mol. The van der Waals surface area contributed by atoms with Gasteiger partial charge in [-0.2, -0.15) is 0 Å². The molecular weight excluding hydrogens is 761 g/mol. The Morgan fingerprint density at radius 2 is 0.864 bits per heavy atom. The lowest BCUT2D eigenvalue weighted by Crippen LogP contribution is -2.40. The summed E-state index contributed by atoms with van der Waals surface area (Å²) >= 11 is 3.56. The molecule has 11 rings (SSSR count). The summed E-state index contributed by atoms with van der Waals surface area (Å²) in [5, 5.41) is 0. The molecular formula is C52H48N4OS2. The Balaban J connectivity index is 1.13. The van der Waals surface area contributed by atoms with E-state index in [4.69, 9.17) is 14.7 Å². The van der Waals surface area contributed by atoms with Crippen molar-refractivity contribution in [1.29, 1.82) is 0 Å². The molecule has 0 amide bonds. The van der Waals surface area contributed by atoms with Crippen molar-refractivity contribution in [3.05, 3.63) is 131 Å². The fourth-order valence-electron chi connectivity index (χ4n) is 9.62. The number of hydrogen-bond acceptors (Lipinski definition) is 5. The summed E-state index contributed by atoms with van der Waals surface area (Å²) in [7, 11) is 0. The second-order valence-corrected chi connectivity index (χ2v) is 21.5. The van der Waals surface area contributed by atoms with E-state index in [1.807, 2.05) is 0 Å². The minimum absolute atomic E-state index is 0.153. The van der Waals surface area contributed by atoms with E-state index in [-0.39, 0.29) is 21.7 Å². The van der Waals surface area contributed by atoms with Crippen LogP contribution in [0.5, 0.6) is 11.5 Å². The van der Waals surface area contributed by atoms with Crippen LogP contribution in [0.4, 0.5) is 0 Å². The van der Waals surface area contributed by atoms with Crippen molar-refractivity contribution in [3.8, 4) is 33.8 Å². The van der Waals surface area contributed by atoms with Gasteiger partial charge in [-0.15, -0.1) is 0 Å². The van der Waals surface area contributed by atoms with E-state index in [1.165, 1.54) is 64.9 Å². The fraction of sp³-hybridized carbons (Fsp3) is 0.269. The molecule has 294 valence electrons. The highest BCUT2D eigenvalue weighted by atomic mass is 32.1. The van der Waals surface area contributed by atoms with Gasteiger partial charge in [0.2, 0.25) is 0 Å². The van der Waals surface area contributed by atoms with Gasteiger partial charge in [-0.25, -0.2) is 9.97 Å². The first-order valence-electron chi connectivity index (χ1n) is 20.7. The molecule has 0 fully saturated rings. The zero-order valence-electron chi connectivity index (χ0n) is 35.4. The Labute approximate surface area is 353 Å². The molecule has 5 heterocycles. The number of ether oxygens (including phenoxy) is 1. The van der Waals surface area contributed by atoms with E-state index < -0.39 is 0 Å². The van der Waals surface area contributed by atoms with Crippen molar-refractivity contribution < 1.29 is 4.74 Å². The summed E-state index contributed by atoms with van der Waals surface area (Å²) in [4.78, 5) is 12.1. The van der Waals surface area contributed by atoms with Gasteiger partial charge in [0.25, 0.3) is 0 Å². The number of nitrogens with zero attached hydrogens (tertiary/aromatic N) is 4. The molecule has 6 aromatic carbocycles. The summed E-state index contributed by atoms with van der Waals surface area (Å²) in [5.74, 6) is 1.88. The van der Waals surface area contributed by atoms with Crippen molar-refractivity contribution in [2.24, 2.45) is 0 Å². The molecule has 0 radical (unpaired) electrons. The number of fused-ring (bicyclic) bond motifs is 12. The molecule has 59 heavy (non-hydrogen) atoms. The van der Waals surface area contributed by atoms with Crippen LogP contribution < -0.4 is 4.74 Å². The first kappa shape index (κ1) is 36.6. The third-order valence-corrected chi connectivity index (χ3v) is 15.7. The van der Waals surface area contributed by atoms with Crippen LogP contribution in [0.15, 0.2) is 109 Å². The maximum atomic E-state index is 7.35. The zero-order valence-corrected chi connectivity index (χ0v) is 37.0. The second kappa shape index (κ2) is 12.0. The number of rotatable bonds is 2. The summed E-state index contributed by atoms with van der Waals surface area (Å²) in [6.07, 6.45) is 0. The van der Waals surface area contributed by atoms with E-state index in [9.17, 15) is 0 Å². The first-order chi connectivity index (χ1) is 28.0. The van der Waals surface area contributed by atoms with Gasteiger partial charge in [0, 0.05) is 33.1 Å². The molecule has 1 aliphatic rings. The Morgan fingerprint density at radius 1 is 0.475 bits per heavy atom. The number of para-hydroxylation sites is 4. The van der Waals surface area contributed by atoms with Crippen LogP contribution >= 0.6 is 22.7 Å². The van der Waals surface area contributed by atoms with Gasteiger partial charge in [0.1, 0.15) is 11.5 Å². The average Bonchev–Trinajstić information content (AvgIpc) is 3.93. The number of hydrogen-bond donors (Lipinski definition) is 0. The third-order valence-electron chi connectivity index (χ3n) is 13.5. The fourth-order valence-corrected chi connectivity index (χ4v) is 12.0. The Kier molecular flexibility index (Phi) is 7.47. The lowest BCUT2D eigenvalue weighted by Gasteiger charge is -2.42. The molecule has 0 bridgehead atoms. The summed E-state index contributed by atoms with van der Waals surface area (Å²) < 4.78 is 14.5.